The van der Waals surface area contributed by atoms with Crippen LogP contribution in [0.4, 0.5) is 0 Å². The molecule has 112 valence electrons. The smallest absolute Gasteiger partial charge is 0.354 e. The third kappa shape index (κ3) is 2.99. The topological polar surface area (TPSA) is 73.6 Å². The van der Waals surface area contributed by atoms with E-state index in [1.807, 2.05) is 13.0 Å². The largest absolute Gasteiger partial charge is 0.493 e. The number of benzene rings is 1. The highest BCUT2D eigenvalue weighted by Gasteiger charge is 2.16. The van der Waals surface area contributed by atoms with E-state index in [0.717, 1.165) is 12.0 Å². The molecule has 0 radical (unpaired) electrons. The number of carbonyl (C=O) groups is 1. The number of hydrogen-bond donors (Lipinski definition) is 1. The Labute approximate surface area is 122 Å². The number of aryl methyl sites for hydroxylation is 1. The van der Waals surface area contributed by atoms with Crippen molar-refractivity contribution in [2.45, 2.75) is 19.9 Å². The highest BCUT2D eigenvalue weighted by Crippen LogP contribution is 2.32. The Bertz CT molecular complexity index is 649. The zero-order valence-corrected chi connectivity index (χ0v) is 12.3. The summed E-state index contributed by atoms with van der Waals surface area (Å²) in [6.45, 7) is 2.54. The SMILES string of the molecule is CCCn1nc(-c2ccc(OC)c(OC)c2)cc1C(=O)O. The molecule has 21 heavy (non-hydrogen) atoms. The molecular formula is C15H18N2O4. The van der Waals surface area contributed by atoms with Gasteiger partial charge in [-0.25, -0.2) is 4.79 Å². The lowest BCUT2D eigenvalue weighted by molar-refractivity contribution is 0.0683. The van der Waals surface area contributed by atoms with Gasteiger partial charge in [0.15, 0.2) is 11.5 Å². The number of ether oxygens (including phenoxy) is 2. The van der Waals surface area contributed by atoms with Gasteiger partial charge in [-0.05, 0) is 30.7 Å². The zero-order chi connectivity index (χ0) is 15.4. The van der Waals surface area contributed by atoms with Gasteiger partial charge >= 0.3 is 5.97 Å². The maximum absolute atomic E-state index is 11.3. The quantitative estimate of drug-likeness (QED) is 0.885. The van der Waals surface area contributed by atoms with E-state index in [0.29, 0.717) is 23.7 Å². The standard InChI is InChI=1S/C15H18N2O4/c1-4-7-17-12(15(18)19)9-11(16-17)10-5-6-13(20-2)14(8-10)21-3/h5-6,8-9H,4,7H2,1-3H3,(H,18,19). The van der Waals surface area contributed by atoms with Crippen molar-refractivity contribution >= 4 is 5.97 Å². The second-order valence-electron chi connectivity index (χ2n) is 4.51. The second-order valence-corrected chi connectivity index (χ2v) is 4.51. The van der Waals surface area contributed by atoms with Crippen molar-refractivity contribution in [1.29, 1.82) is 0 Å². The van der Waals surface area contributed by atoms with Crippen LogP contribution in [-0.4, -0.2) is 35.1 Å². The van der Waals surface area contributed by atoms with Crippen LogP contribution >= 0.6 is 0 Å². The van der Waals surface area contributed by atoms with E-state index < -0.39 is 5.97 Å². The lowest BCUT2D eigenvalue weighted by atomic mass is 10.1. The molecule has 0 unspecified atom stereocenters. The van der Waals surface area contributed by atoms with E-state index in [9.17, 15) is 9.90 Å². The van der Waals surface area contributed by atoms with Crippen molar-refractivity contribution in [2.75, 3.05) is 14.2 Å². The van der Waals surface area contributed by atoms with Crippen molar-refractivity contribution in [1.82, 2.24) is 9.78 Å². The van der Waals surface area contributed by atoms with Crippen LogP contribution in [0.5, 0.6) is 11.5 Å². The zero-order valence-electron chi connectivity index (χ0n) is 12.3. The summed E-state index contributed by atoms with van der Waals surface area (Å²) in [5.41, 5.74) is 1.56. The molecule has 0 saturated carbocycles. The van der Waals surface area contributed by atoms with Gasteiger partial charge in [0.1, 0.15) is 5.69 Å². The Hall–Kier alpha value is -2.50. The molecule has 1 N–H and O–H groups in total. The Morgan fingerprint density at radius 1 is 1.24 bits per heavy atom. The molecule has 2 aromatic rings. The lowest BCUT2D eigenvalue weighted by Crippen LogP contribution is -2.09. The van der Waals surface area contributed by atoms with E-state index >= 15 is 0 Å². The molecule has 2 rings (SSSR count). The molecule has 0 aliphatic carbocycles. The van der Waals surface area contributed by atoms with E-state index in [1.54, 1.807) is 32.4 Å². The molecular weight excluding hydrogens is 272 g/mol. The molecule has 6 heteroatoms. The molecule has 0 fully saturated rings. The summed E-state index contributed by atoms with van der Waals surface area (Å²) >= 11 is 0. The summed E-state index contributed by atoms with van der Waals surface area (Å²) in [4.78, 5) is 11.3. The predicted molar refractivity (Wildman–Crippen MR) is 78.0 cm³/mol. The maximum Gasteiger partial charge on any atom is 0.354 e. The van der Waals surface area contributed by atoms with Crippen LogP contribution in [0.2, 0.25) is 0 Å². The first-order chi connectivity index (χ1) is 10.1. The lowest BCUT2D eigenvalue weighted by Gasteiger charge is -2.08. The highest BCUT2D eigenvalue weighted by molar-refractivity contribution is 5.87. The Morgan fingerprint density at radius 2 is 1.95 bits per heavy atom. The molecule has 0 saturated heterocycles. The van der Waals surface area contributed by atoms with Crippen molar-refractivity contribution in [2.24, 2.45) is 0 Å². The first kappa shape index (κ1) is 14.9. The van der Waals surface area contributed by atoms with Gasteiger partial charge in [-0.15, -0.1) is 0 Å². The first-order valence-corrected chi connectivity index (χ1v) is 6.64. The van der Waals surface area contributed by atoms with Crippen molar-refractivity contribution in [3.8, 4) is 22.8 Å². The minimum absolute atomic E-state index is 0.182. The Kier molecular flexibility index (Phi) is 4.47. The number of rotatable bonds is 6. The Morgan fingerprint density at radius 3 is 2.52 bits per heavy atom. The number of aromatic carboxylic acids is 1. The van der Waals surface area contributed by atoms with Crippen molar-refractivity contribution < 1.29 is 19.4 Å². The molecule has 0 atom stereocenters. The minimum Gasteiger partial charge on any atom is -0.493 e. The van der Waals surface area contributed by atoms with Gasteiger partial charge in [-0.1, -0.05) is 6.92 Å². The Balaban J connectivity index is 2.46. The summed E-state index contributed by atoms with van der Waals surface area (Å²) < 4.78 is 12.0. The molecule has 0 spiro atoms. The highest BCUT2D eigenvalue weighted by atomic mass is 16.5. The summed E-state index contributed by atoms with van der Waals surface area (Å²) in [7, 11) is 3.12. The third-order valence-electron chi connectivity index (χ3n) is 3.11. The van der Waals surface area contributed by atoms with Gasteiger partial charge in [0, 0.05) is 12.1 Å². The second kappa shape index (κ2) is 6.30. The van der Waals surface area contributed by atoms with Gasteiger partial charge in [0.25, 0.3) is 0 Å². The molecule has 1 aromatic heterocycles. The number of carboxylic acids is 1. The fourth-order valence-electron chi connectivity index (χ4n) is 2.11. The van der Waals surface area contributed by atoms with Crippen LogP contribution in [-0.2, 0) is 6.54 Å². The first-order valence-electron chi connectivity index (χ1n) is 6.64. The summed E-state index contributed by atoms with van der Waals surface area (Å²) in [5.74, 6) is 0.215. The maximum atomic E-state index is 11.3. The monoisotopic (exact) mass is 290 g/mol. The van der Waals surface area contributed by atoms with E-state index in [1.165, 1.54) is 4.68 Å². The van der Waals surface area contributed by atoms with Gasteiger partial charge in [-0.3, -0.25) is 4.68 Å². The van der Waals surface area contributed by atoms with Crippen molar-refractivity contribution in [3.63, 3.8) is 0 Å². The fourth-order valence-corrected chi connectivity index (χ4v) is 2.11. The number of hydrogen-bond acceptors (Lipinski definition) is 4. The summed E-state index contributed by atoms with van der Waals surface area (Å²) in [6.07, 6.45) is 0.813. The van der Waals surface area contributed by atoms with Crippen LogP contribution in [0.25, 0.3) is 11.3 Å². The number of methoxy groups -OCH3 is 2. The normalized spacial score (nSPS) is 10.4. The molecule has 0 aliphatic heterocycles. The molecule has 1 heterocycles. The minimum atomic E-state index is -0.984. The van der Waals surface area contributed by atoms with Gasteiger partial charge in [0.2, 0.25) is 0 Å². The molecule has 0 bridgehead atoms. The fraction of sp³-hybridized carbons (Fsp3) is 0.333. The van der Waals surface area contributed by atoms with Crippen LogP contribution < -0.4 is 9.47 Å². The predicted octanol–water partition coefficient (Wildman–Crippen LogP) is 2.68. The summed E-state index contributed by atoms with van der Waals surface area (Å²) in [6, 6.07) is 6.95. The average Bonchev–Trinajstić information content (AvgIpc) is 2.91. The molecule has 0 aliphatic rings. The van der Waals surface area contributed by atoms with Crippen LogP contribution in [0.15, 0.2) is 24.3 Å². The van der Waals surface area contributed by atoms with Gasteiger partial charge in [0.05, 0.1) is 19.9 Å². The average molecular weight is 290 g/mol. The van der Waals surface area contributed by atoms with Gasteiger partial charge in [-0.2, -0.15) is 5.10 Å². The molecule has 1 aromatic carbocycles. The summed E-state index contributed by atoms with van der Waals surface area (Å²) in [5, 5.41) is 13.6. The number of aromatic nitrogens is 2. The van der Waals surface area contributed by atoms with E-state index in [2.05, 4.69) is 5.10 Å². The number of nitrogens with zero attached hydrogens (tertiary/aromatic N) is 2. The van der Waals surface area contributed by atoms with Crippen LogP contribution in [0, 0.1) is 0 Å². The van der Waals surface area contributed by atoms with Crippen molar-refractivity contribution in [3.05, 3.63) is 30.0 Å². The molecule has 6 nitrogen and oxygen atoms in total. The number of carboxylic acid groups (broad SMARTS) is 1. The van der Waals surface area contributed by atoms with E-state index in [4.69, 9.17) is 9.47 Å². The van der Waals surface area contributed by atoms with Crippen LogP contribution in [0.1, 0.15) is 23.8 Å². The van der Waals surface area contributed by atoms with Crippen LogP contribution in [0.3, 0.4) is 0 Å². The van der Waals surface area contributed by atoms with E-state index in [-0.39, 0.29) is 5.69 Å². The van der Waals surface area contributed by atoms with Gasteiger partial charge < -0.3 is 14.6 Å². The third-order valence-corrected chi connectivity index (χ3v) is 3.11. The molecule has 0 amide bonds.